The van der Waals surface area contributed by atoms with Crippen molar-refractivity contribution in [2.24, 2.45) is 0 Å². The van der Waals surface area contributed by atoms with E-state index in [4.69, 9.17) is 0 Å². The maximum absolute atomic E-state index is 4.28. The van der Waals surface area contributed by atoms with Crippen LogP contribution in [0.15, 0.2) is 0 Å². The number of nitrogens with zero attached hydrogens (tertiary/aromatic N) is 4. The van der Waals surface area contributed by atoms with E-state index in [1.807, 2.05) is 4.68 Å². The zero-order valence-corrected chi connectivity index (χ0v) is 12.0. The average molecular weight is 254 g/mol. The molecular weight excluding hydrogens is 228 g/mol. The SMILES string of the molecule is CC[C@H](c1nnnn1C(C)C)[NH+]1CC[NH+](C)CC1. The predicted molar refractivity (Wildman–Crippen MR) is 68.6 cm³/mol. The zero-order chi connectivity index (χ0) is 13.1. The zero-order valence-electron chi connectivity index (χ0n) is 12.0. The van der Waals surface area contributed by atoms with Crippen molar-refractivity contribution in [2.75, 3.05) is 33.2 Å². The maximum atomic E-state index is 4.28. The van der Waals surface area contributed by atoms with Crippen LogP contribution in [0, 0.1) is 0 Å². The molecule has 0 saturated carbocycles. The third-order valence-electron chi connectivity index (χ3n) is 3.97. The van der Waals surface area contributed by atoms with E-state index >= 15 is 0 Å². The highest BCUT2D eigenvalue weighted by atomic mass is 15.6. The van der Waals surface area contributed by atoms with Crippen LogP contribution in [0.3, 0.4) is 0 Å². The number of likely N-dealkylation sites (N-methyl/N-ethyl adjacent to an activating group) is 1. The summed E-state index contributed by atoms with van der Waals surface area (Å²) in [6, 6.07) is 0.775. The van der Waals surface area contributed by atoms with Crippen molar-refractivity contribution < 1.29 is 9.80 Å². The Morgan fingerprint density at radius 3 is 2.44 bits per heavy atom. The van der Waals surface area contributed by atoms with Gasteiger partial charge >= 0.3 is 0 Å². The fourth-order valence-corrected chi connectivity index (χ4v) is 2.80. The first-order valence-electron chi connectivity index (χ1n) is 7.07. The van der Waals surface area contributed by atoms with E-state index in [1.54, 1.807) is 9.80 Å². The molecule has 1 atom stereocenters. The lowest BCUT2D eigenvalue weighted by molar-refractivity contribution is -1.02. The molecule has 2 N–H and O–H groups in total. The van der Waals surface area contributed by atoms with E-state index in [9.17, 15) is 0 Å². The van der Waals surface area contributed by atoms with Gasteiger partial charge in [-0.3, -0.25) is 0 Å². The Bertz CT molecular complexity index is 366. The minimum atomic E-state index is 0.335. The molecule has 1 aromatic rings. The van der Waals surface area contributed by atoms with E-state index in [-0.39, 0.29) is 0 Å². The molecule has 6 nitrogen and oxygen atoms in total. The summed E-state index contributed by atoms with van der Waals surface area (Å²) >= 11 is 0. The average Bonchev–Trinajstić information content (AvgIpc) is 2.82. The number of rotatable bonds is 4. The lowest BCUT2D eigenvalue weighted by Crippen LogP contribution is -3.27. The molecule has 18 heavy (non-hydrogen) atoms. The van der Waals surface area contributed by atoms with Crippen molar-refractivity contribution in [2.45, 2.75) is 39.3 Å². The number of hydrogen-bond donors (Lipinski definition) is 2. The molecule has 0 unspecified atom stereocenters. The summed E-state index contributed by atoms with van der Waals surface area (Å²) in [6.45, 7) is 11.4. The molecule has 0 radical (unpaired) electrons. The summed E-state index contributed by atoms with van der Waals surface area (Å²) in [5.41, 5.74) is 0. The maximum Gasteiger partial charge on any atom is 0.209 e. The first kappa shape index (κ1) is 13.4. The van der Waals surface area contributed by atoms with Crippen molar-refractivity contribution in [1.82, 2.24) is 20.2 Å². The van der Waals surface area contributed by atoms with Gasteiger partial charge in [-0.2, -0.15) is 0 Å². The smallest absolute Gasteiger partial charge is 0.209 e. The van der Waals surface area contributed by atoms with Gasteiger partial charge in [-0.1, -0.05) is 6.92 Å². The molecule has 2 heterocycles. The van der Waals surface area contributed by atoms with Gasteiger partial charge < -0.3 is 9.80 Å². The van der Waals surface area contributed by atoms with Crippen LogP contribution in [0.25, 0.3) is 0 Å². The predicted octanol–water partition coefficient (Wildman–Crippen LogP) is -1.88. The number of tetrazole rings is 1. The van der Waals surface area contributed by atoms with Crippen LogP contribution in [-0.2, 0) is 0 Å². The highest BCUT2D eigenvalue weighted by Gasteiger charge is 2.32. The van der Waals surface area contributed by atoms with Crippen LogP contribution < -0.4 is 9.80 Å². The minimum Gasteiger partial charge on any atom is -0.328 e. The molecule has 1 aromatic heterocycles. The van der Waals surface area contributed by atoms with Gasteiger partial charge in [0.1, 0.15) is 32.2 Å². The Kier molecular flexibility index (Phi) is 4.29. The van der Waals surface area contributed by atoms with Crippen molar-refractivity contribution in [3.05, 3.63) is 5.82 Å². The van der Waals surface area contributed by atoms with E-state index < -0.39 is 0 Å². The largest absolute Gasteiger partial charge is 0.328 e. The second kappa shape index (κ2) is 5.75. The van der Waals surface area contributed by atoms with Crippen molar-refractivity contribution in [1.29, 1.82) is 0 Å². The van der Waals surface area contributed by atoms with Gasteiger partial charge in [0.05, 0.1) is 13.1 Å². The molecule has 0 spiro atoms. The Morgan fingerprint density at radius 1 is 1.22 bits per heavy atom. The van der Waals surface area contributed by atoms with Gasteiger partial charge in [-0.15, -0.1) is 5.10 Å². The van der Waals surface area contributed by atoms with Crippen LogP contribution in [0.5, 0.6) is 0 Å². The summed E-state index contributed by atoms with van der Waals surface area (Å²) in [4.78, 5) is 3.27. The highest BCUT2D eigenvalue weighted by Crippen LogP contribution is 2.13. The molecular formula is C12H26N6+2. The lowest BCUT2D eigenvalue weighted by atomic mass is 10.1. The fraction of sp³-hybridized carbons (Fsp3) is 0.917. The first-order chi connectivity index (χ1) is 8.63. The second-order valence-corrected chi connectivity index (χ2v) is 5.65. The fourth-order valence-electron chi connectivity index (χ4n) is 2.80. The minimum absolute atomic E-state index is 0.335. The van der Waals surface area contributed by atoms with Gasteiger partial charge in [-0.25, -0.2) is 4.68 Å². The Balaban J connectivity index is 2.15. The van der Waals surface area contributed by atoms with Crippen LogP contribution in [-0.4, -0.2) is 53.4 Å². The van der Waals surface area contributed by atoms with Gasteiger partial charge in [0.15, 0.2) is 0 Å². The molecule has 1 aliphatic heterocycles. The topological polar surface area (TPSA) is 52.5 Å². The Morgan fingerprint density at radius 2 is 1.89 bits per heavy atom. The van der Waals surface area contributed by atoms with Gasteiger partial charge in [0.25, 0.3) is 0 Å². The molecule has 2 rings (SSSR count). The van der Waals surface area contributed by atoms with E-state index in [0.29, 0.717) is 12.1 Å². The summed E-state index contributed by atoms with van der Waals surface area (Å²) < 4.78 is 1.98. The summed E-state index contributed by atoms with van der Waals surface area (Å²) in [7, 11) is 2.27. The molecule has 1 saturated heterocycles. The third kappa shape index (κ3) is 2.70. The Labute approximate surface area is 109 Å². The van der Waals surface area contributed by atoms with Gasteiger partial charge in [-0.05, 0) is 24.3 Å². The summed E-state index contributed by atoms with van der Waals surface area (Å²) in [6.07, 6.45) is 1.10. The highest BCUT2D eigenvalue weighted by molar-refractivity contribution is 4.88. The van der Waals surface area contributed by atoms with Crippen LogP contribution in [0.4, 0.5) is 0 Å². The van der Waals surface area contributed by atoms with Crippen molar-refractivity contribution in [3.63, 3.8) is 0 Å². The van der Waals surface area contributed by atoms with E-state index in [1.165, 1.54) is 26.2 Å². The Hall–Kier alpha value is -1.01. The summed E-state index contributed by atoms with van der Waals surface area (Å²) in [5.74, 6) is 1.06. The standard InChI is InChI=1S/C12H24N6/c1-5-11(17-8-6-16(4)7-9-17)12-13-14-15-18(12)10(2)3/h10-11H,5-9H2,1-4H3/p+2/t11-/m1/s1. The molecule has 1 aliphatic rings. The van der Waals surface area contributed by atoms with Crippen molar-refractivity contribution >= 4 is 0 Å². The first-order valence-corrected chi connectivity index (χ1v) is 7.07. The van der Waals surface area contributed by atoms with Crippen molar-refractivity contribution in [3.8, 4) is 0 Å². The molecule has 102 valence electrons. The quantitative estimate of drug-likeness (QED) is 0.661. The monoisotopic (exact) mass is 254 g/mol. The summed E-state index contributed by atoms with van der Waals surface area (Å²) in [5, 5.41) is 12.3. The number of piperazine rings is 1. The number of nitrogens with one attached hydrogen (secondary N) is 2. The van der Waals surface area contributed by atoms with Crippen LogP contribution >= 0.6 is 0 Å². The second-order valence-electron chi connectivity index (χ2n) is 5.65. The number of quaternary nitrogens is 2. The molecule has 0 amide bonds. The third-order valence-corrected chi connectivity index (χ3v) is 3.97. The van der Waals surface area contributed by atoms with Crippen LogP contribution in [0.2, 0.25) is 0 Å². The molecule has 1 fully saturated rings. The molecule has 0 aromatic carbocycles. The molecule has 6 heteroatoms. The van der Waals surface area contributed by atoms with E-state index in [2.05, 4.69) is 43.3 Å². The van der Waals surface area contributed by atoms with Crippen LogP contribution in [0.1, 0.15) is 45.1 Å². The number of aromatic nitrogens is 4. The molecule has 0 aliphatic carbocycles. The number of hydrogen-bond acceptors (Lipinski definition) is 3. The van der Waals surface area contributed by atoms with Gasteiger partial charge in [0.2, 0.25) is 5.82 Å². The van der Waals surface area contributed by atoms with E-state index in [0.717, 1.165) is 12.2 Å². The lowest BCUT2D eigenvalue weighted by Gasteiger charge is -2.32. The molecule has 0 bridgehead atoms. The van der Waals surface area contributed by atoms with Gasteiger partial charge in [0, 0.05) is 6.42 Å². The normalized spacial score (nSPS) is 26.5.